The fourth-order valence-corrected chi connectivity index (χ4v) is 2.31. The zero-order chi connectivity index (χ0) is 20.7. The molecule has 1 atom stereocenters. The number of halogens is 1. The van der Waals surface area contributed by atoms with Gasteiger partial charge in [-0.3, -0.25) is 19.2 Å². The summed E-state index contributed by atoms with van der Waals surface area (Å²) in [5.74, 6) is -1.83. The summed E-state index contributed by atoms with van der Waals surface area (Å²) in [6, 6.07) is 12.5. The predicted molar refractivity (Wildman–Crippen MR) is 104 cm³/mol. The Morgan fingerprint density at radius 2 is 1.54 bits per heavy atom. The topological polar surface area (TPSA) is 102 Å². The van der Waals surface area contributed by atoms with Gasteiger partial charge in [-0.2, -0.15) is 0 Å². The van der Waals surface area contributed by atoms with Crippen LogP contribution in [0.3, 0.4) is 0 Å². The quantitative estimate of drug-likeness (QED) is 0.547. The summed E-state index contributed by atoms with van der Waals surface area (Å²) < 4.78 is 5.01. The molecule has 0 aromatic heterocycles. The van der Waals surface area contributed by atoms with E-state index in [0.29, 0.717) is 21.8 Å². The second kappa shape index (κ2) is 9.66. The maximum absolute atomic E-state index is 12.1. The van der Waals surface area contributed by atoms with E-state index in [1.54, 1.807) is 36.4 Å². The molecule has 0 bridgehead atoms. The highest BCUT2D eigenvalue weighted by Gasteiger charge is 2.18. The van der Waals surface area contributed by atoms with Crippen molar-refractivity contribution in [3.8, 4) is 0 Å². The number of hydrogen-bond acceptors (Lipinski definition) is 5. The molecule has 2 N–H and O–H groups in total. The molecule has 146 valence electrons. The first kappa shape index (κ1) is 21.1. The second-order valence-electron chi connectivity index (χ2n) is 5.94. The number of esters is 1. The van der Waals surface area contributed by atoms with Crippen molar-refractivity contribution in [3.05, 3.63) is 64.7 Å². The van der Waals surface area contributed by atoms with Crippen LogP contribution < -0.4 is 10.6 Å². The molecule has 0 heterocycles. The molecular formula is C20H19ClN2O5. The maximum atomic E-state index is 12.1. The van der Waals surface area contributed by atoms with Crippen LogP contribution in [0, 0.1) is 0 Å². The van der Waals surface area contributed by atoms with Gasteiger partial charge < -0.3 is 15.4 Å². The number of ketones is 1. The summed E-state index contributed by atoms with van der Waals surface area (Å²) in [7, 11) is 0. The summed E-state index contributed by atoms with van der Waals surface area (Å²) in [5, 5.41) is 5.48. The summed E-state index contributed by atoms with van der Waals surface area (Å²) >= 11 is 5.75. The van der Waals surface area contributed by atoms with Crippen LogP contribution in [0.1, 0.15) is 34.6 Å². The maximum Gasteiger partial charge on any atom is 0.326 e. The van der Waals surface area contributed by atoms with Gasteiger partial charge in [0.25, 0.3) is 11.8 Å². The minimum atomic E-state index is -1.06. The number of carbonyl (C=O) groups is 4. The van der Waals surface area contributed by atoms with Crippen molar-refractivity contribution in [3.63, 3.8) is 0 Å². The Morgan fingerprint density at radius 3 is 2.11 bits per heavy atom. The zero-order valence-electron chi connectivity index (χ0n) is 15.3. The molecular weight excluding hydrogens is 384 g/mol. The lowest BCUT2D eigenvalue weighted by Gasteiger charge is -2.14. The fraction of sp³-hybridized carbons (Fsp3) is 0.200. The van der Waals surface area contributed by atoms with E-state index in [2.05, 4.69) is 10.6 Å². The lowest BCUT2D eigenvalue weighted by Crippen LogP contribution is -2.35. The molecule has 0 aliphatic heterocycles. The third-order valence-corrected chi connectivity index (χ3v) is 3.99. The number of nitrogens with one attached hydrogen (secondary N) is 2. The molecule has 0 fully saturated rings. The Hall–Kier alpha value is -3.19. The van der Waals surface area contributed by atoms with Crippen molar-refractivity contribution in [1.82, 2.24) is 5.32 Å². The molecule has 8 heteroatoms. The molecule has 0 spiro atoms. The number of ether oxygens (including phenoxy) is 1. The van der Waals surface area contributed by atoms with Gasteiger partial charge in [0.1, 0.15) is 6.54 Å². The van der Waals surface area contributed by atoms with E-state index in [1.807, 2.05) is 0 Å². The van der Waals surface area contributed by atoms with Gasteiger partial charge >= 0.3 is 5.97 Å². The number of rotatable bonds is 7. The molecule has 0 unspecified atom stereocenters. The highest BCUT2D eigenvalue weighted by Crippen LogP contribution is 2.11. The van der Waals surface area contributed by atoms with E-state index in [1.165, 1.54) is 26.0 Å². The minimum absolute atomic E-state index is 0.0826. The predicted octanol–water partition coefficient (Wildman–Crippen LogP) is 2.84. The number of benzene rings is 2. The largest absolute Gasteiger partial charge is 0.451 e. The van der Waals surface area contributed by atoms with Crippen molar-refractivity contribution in [1.29, 1.82) is 0 Å². The average molecular weight is 403 g/mol. The first-order chi connectivity index (χ1) is 13.3. The van der Waals surface area contributed by atoms with E-state index >= 15 is 0 Å². The Labute approximate surface area is 167 Å². The van der Waals surface area contributed by atoms with Crippen LogP contribution in [0.25, 0.3) is 0 Å². The molecule has 28 heavy (non-hydrogen) atoms. The van der Waals surface area contributed by atoms with Crippen molar-refractivity contribution < 1.29 is 23.9 Å². The van der Waals surface area contributed by atoms with E-state index in [0.717, 1.165) is 0 Å². The molecule has 2 rings (SSSR count). The van der Waals surface area contributed by atoms with Gasteiger partial charge in [-0.1, -0.05) is 11.6 Å². The van der Waals surface area contributed by atoms with E-state index in [-0.39, 0.29) is 12.3 Å². The third kappa shape index (κ3) is 6.21. The van der Waals surface area contributed by atoms with Gasteiger partial charge in [0.2, 0.25) is 0 Å². The number of Topliss-reactive ketones (excluding diaryl/α,β-unsaturated/α-hetero) is 1. The number of amides is 2. The zero-order valence-corrected chi connectivity index (χ0v) is 16.1. The Morgan fingerprint density at radius 1 is 0.964 bits per heavy atom. The van der Waals surface area contributed by atoms with Crippen LogP contribution in [0.5, 0.6) is 0 Å². The second-order valence-corrected chi connectivity index (χ2v) is 6.38. The van der Waals surface area contributed by atoms with Crippen LogP contribution in [-0.4, -0.2) is 36.2 Å². The van der Waals surface area contributed by atoms with Gasteiger partial charge in [-0.25, -0.2) is 0 Å². The number of carbonyl (C=O) groups excluding carboxylic acids is 4. The normalized spacial score (nSPS) is 11.2. The van der Waals surface area contributed by atoms with E-state index < -0.39 is 23.9 Å². The van der Waals surface area contributed by atoms with Crippen LogP contribution in [0.4, 0.5) is 5.69 Å². The lowest BCUT2D eigenvalue weighted by molar-refractivity contribution is -0.152. The van der Waals surface area contributed by atoms with Gasteiger partial charge in [0.05, 0.1) is 0 Å². The monoisotopic (exact) mass is 402 g/mol. The fourth-order valence-electron chi connectivity index (χ4n) is 2.18. The molecule has 2 aromatic rings. The Kier molecular flexibility index (Phi) is 7.28. The molecule has 7 nitrogen and oxygen atoms in total. The van der Waals surface area contributed by atoms with Gasteiger partial charge in [-0.05, 0) is 62.4 Å². The van der Waals surface area contributed by atoms with Crippen molar-refractivity contribution in [2.75, 3.05) is 11.9 Å². The number of hydrogen-bond donors (Lipinski definition) is 2. The highest BCUT2D eigenvalue weighted by atomic mass is 35.5. The first-order valence-electron chi connectivity index (χ1n) is 8.41. The van der Waals surface area contributed by atoms with Crippen molar-refractivity contribution in [2.45, 2.75) is 20.0 Å². The average Bonchev–Trinajstić information content (AvgIpc) is 2.67. The minimum Gasteiger partial charge on any atom is -0.451 e. The smallest absolute Gasteiger partial charge is 0.326 e. The number of anilines is 1. The van der Waals surface area contributed by atoms with Gasteiger partial charge in [0.15, 0.2) is 11.9 Å². The molecule has 0 aliphatic carbocycles. The first-order valence-corrected chi connectivity index (χ1v) is 8.79. The Balaban J connectivity index is 1.80. The van der Waals surface area contributed by atoms with E-state index in [9.17, 15) is 19.2 Å². The summed E-state index contributed by atoms with van der Waals surface area (Å²) in [4.78, 5) is 47.1. The lowest BCUT2D eigenvalue weighted by atomic mass is 10.1. The van der Waals surface area contributed by atoms with Gasteiger partial charge in [0, 0.05) is 21.8 Å². The molecule has 0 radical (unpaired) electrons. The van der Waals surface area contributed by atoms with Crippen LogP contribution in [0.2, 0.25) is 5.02 Å². The van der Waals surface area contributed by atoms with Crippen molar-refractivity contribution in [2.24, 2.45) is 0 Å². The molecule has 2 amide bonds. The standard InChI is InChI=1S/C20H19ClN2O5/c1-12(24)14-5-9-17(10-6-14)23-19(26)13(2)28-18(25)11-22-20(27)15-3-7-16(21)8-4-15/h3-10,13H,11H2,1-2H3,(H,22,27)(H,23,26)/t13-/m0/s1. The van der Waals surface area contributed by atoms with Crippen LogP contribution in [0.15, 0.2) is 48.5 Å². The highest BCUT2D eigenvalue weighted by molar-refractivity contribution is 6.30. The van der Waals surface area contributed by atoms with Crippen LogP contribution in [-0.2, 0) is 14.3 Å². The van der Waals surface area contributed by atoms with E-state index in [4.69, 9.17) is 16.3 Å². The van der Waals surface area contributed by atoms with Crippen LogP contribution >= 0.6 is 11.6 Å². The molecule has 0 saturated carbocycles. The summed E-state index contributed by atoms with van der Waals surface area (Å²) in [6.07, 6.45) is -1.06. The molecule has 2 aromatic carbocycles. The van der Waals surface area contributed by atoms with Gasteiger partial charge in [-0.15, -0.1) is 0 Å². The SMILES string of the molecule is CC(=O)c1ccc(NC(=O)[C@H](C)OC(=O)CNC(=O)c2ccc(Cl)cc2)cc1. The molecule has 0 saturated heterocycles. The third-order valence-electron chi connectivity index (χ3n) is 3.74. The molecule has 0 aliphatic rings. The van der Waals surface area contributed by atoms with Crippen molar-refractivity contribution >= 4 is 40.9 Å². The summed E-state index contributed by atoms with van der Waals surface area (Å²) in [6.45, 7) is 2.48. The summed E-state index contributed by atoms with van der Waals surface area (Å²) in [5.41, 5.74) is 1.33. The Bertz CT molecular complexity index is 878.